The van der Waals surface area contributed by atoms with Gasteiger partial charge in [0.15, 0.2) is 5.78 Å². The molecule has 0 aliphatic heterocycles. The van der Waals surface area contributed by atoms with Crippen LogP contribution in [-0.4, -0.2) is 12.0 Å². The molecule has 0 saturated carbocycles. The lowest BCUT2D eigenvalue weighted by atomic mass is 10.1. The van der Waals surface area contributed by atoms with Crippen LogP contribution in [0, 0.1) is 0 Å². The van der Waals surface area contributed by atoms with Crippen LogP contribution in [0.4, 0.5) is 0 Å². The predicted octanol–water partition coefficient (Wildman–Crippen LogP) is 3.90. The number of rotatable bonds is 4. The number of alkyl halides is 1. The number of halogens is 1. The van der Waals surface area contributed by atoms with Gasteiger partial charge in [0, 0.05) is 22.2 Å². The van der Waals surface area contributed by atoms with E-state index in [9.17, 15) is 4.79 Å². The van der Waals surface area contributed by atoms with Gasteiger partial charge in [0.25, 0.3) is 0 Å². The summed E-state index contributed by atoms with van der Waals surface area (Å²) in [6.07, 6.45) is 2.58. The molecule has 0 unspecified atom stereocenters. The summed E-state index contributed by atoms with van der Waals surface area (Å²) in [5, 5.41) is 0.800. The first-order valence-electron chi connectivity index (χ1n) is 4.49. The minimum Gasteiger partial charge on any atom is -0.294 e. The molecule has 1 aromatic rings. The summed E-state index contributed by atoms with van der Waals surface area (Å²) in [6, 6.07) is 5.90. The molecule has 0 radical (unpaired) electrons. The molecular formula is C11H13BrOS. The fraction of sp³-hybridized carbons (Fsp3) is 0.364. The van der Waals surface area contributed by atoms with E-state index in [0.29, 0.717) is 6.42 Å². The van der Waals surface area contributed by atoms with Gasteiger partial charge in [-0.25, -0.2) is 0 Å². The van der Waals surface area contributed by atoms with E-state index in [-0.39, 0.29) is 5.78 Å². The summed E-state index contributed by atoms with van der Waals surface area (Å²) in [5.41, 5.74) is 2.05. The second kappa shape index (κ2) is 5.56. The van der Waals surface area contributed by atoms with Crippen LogP contribution in [0.25, 0.3) is 0 Å². The standard InChI is InChI=1S/C11H13BrOS/c1-3-10(13)9-6-4-5-8(7-12)11(9)14-2/h4-6H,3,7H2,1-2H3. The van der Waals surface area contributed by atoms with Crippen molar-refractivity contribution in [3.63, 3.8) is 0 Å². The zero-order valence-corrected chi connectivity index (χ0v) is 10.7. The Kier molecular flexibility index (Phi) is 4.69. The van der Waals surface area contributed by atoms with Crippen molar-refractivity contribution in [1.82, 2.24) is 0 Å². The van der Waals surface area contributed by atoms with E-state index in [2.05, 4.69) is 15.9 Å². The lowest BCUT2D eigenvalue weighted by Crippen LogP contribution is -2.00. The Morgan fingerprint density at radius 2 is 2.21 bits per heavy atom. The first kappa shape index (κ1) is 11.8. The van der Waals surface area contributed by atoms with Crippen molar-refractivity contribution in [3.05, 3.63) is 29.3 Å². The van der Waals surface area contributed by atoms with Gasteiger partial charge in [-0.05, 0) is 11.8 Å². The second-order valence-electron chi connectivity index (χ2n) is 2.91. The summed E-state index contributed by atoms with van der Waals surface area (Å²) in [4.78, 5) is 12.7. The van der Waals surface area contributed by atoms with Crippen LogP contribution in [-0.2, 0) is 5.33 Å². The van der Waals surface area contributed by atoms with Crippen molar-refractivity contribution in [2.24, 2.45) is 0 Å². The molecule has 0 N–H and O–H groups in total. The average Bonchev–Trinajstić information content (AvgIpc) is 2.26. The third-order valence-corrected chi connectivity index (χ3v) is 3.56. The van der Waals surface area contributed by atoms with Gasteiger partial charge in [0.05, 0.1) is 0 Å². The molecule has 0 bridgehead atoms. The van der Waals surface area contributed by atoms with E-state index in [1.807, 2.05) is 31.4 Å². The zero-order chi connectivity index (χ0) is 10.6. The Balaban J connectivity index is 3.21. The number of hydrogen-bond acceptors (Lipinski definition) is 2. The van der Waals surface area contributed by atoms with Crippen LogP contribution < -0.4 is 0 Å². The highest BCUT2D eigenvalue weighted by molar-refractivity contribution is 9.08. The van der Waals surface area contributed by atoms with E-state index in [4.69, 9.17) is 0 Å². The second-order valence-corrected chi connectivity index (χ2v) is 4.29. The molecular weight excluding hydrogens is 260 g/mol. The minimum absolute atomic E-state index is 0.220. The molecule has 0 aromatic heterocycles. The Morgan fingerprint density at radius 3 is 2.71 bits per heavy atom. The maximum Gasteiger partial charge on any atom is 0.163 e. The van der Waals surface area contributed by atoms with Crippen molar-refractivity contribution >= 4 is 33.5 Å². The minimum atomic E-state index is 0.220. The maximum absolute atomic E-state index is 11.6. The number of benzene rings is 1. The Hall–Kier alpha value is -0.280. The molecule has 0 saturated heterocycles. The van der Waals surface area contributed by atoms with E-state index in [1.54, 1.807) is 11.8 Å². The third kappa shape index (κ3) is 2.39. The van der Waals surface area contributed by atoms with Crippen molar-refractivity contribution in [2.75, 3.05) is 6.26 Å². The van der Waals surface area contributed by atoms with E-state index < -0.39 is 0 Å². The van der Waals surface area contributed by atoms with Crippen LogP contribution in [0.5, 0.6) is 0 Å². The quantitative estimate of drug-likeness (QED) is 0.470. The number of ketones is 1. The van der Waals surface area contributed by atoms with Crippen LogP contribution in [0.15, 0.2) is 23.1 Å². The molecule has 0 aliphatic rings. The first-order valence-corrected chi connectivity index (χ1v) is 6.84. The van der Waals surface area contributed by atoms with E-state index in [0.717, 1.165) is 15.8 Å². The summed E-state index contributed by atoms with van der Waals surface area (Å²) < 4.78 is 0. The first-order chi connectivity index (χ1) is 6.74. The highest BCUT2D eigenvalue weighted by atomic mass is 79.9. The number of thioether (sulfide) groups is 1. The Bertz CT molecular complexity index is 336. The van der Waals surface area contributed by atoms with Gasteiger partial charge in [-0.3, -0.25) is 4.79 Å². The number of Topliss-reactive ketones (excluding diaryl/α,β-unsaturated/α-hetero) is 1. The predicted molar refractivity (Wildman–Crippen MR) is 65.5 cm³/mol. The lowest BCUT2D eigenvalue weighted by Gasteiger charge is -2.09. The average molecular weight is 273 g/mol. The number of hydrogen-bond donors (Lipinski definition) is 0. The van der Waals surface area contributed by atoms with Gasteiger partial charge in [0.1, 0.15) is 0 Å². The summed E-state index contributed by atoms with van der Waals surface area (Å²) in [6.45, 7) is 1.90. The van der Waals surface area contributed by atoms with Crippen LogP contribution >= 0.6 is 27.7 Å². The normalized spacial score (nSPS) is 10.2. The fourth-order valence-electron chi connectivity index (χ4n) is 1.34. The third-order valence-electron chi connectivity index (χ3n) is 2.07. The number of carbonyl (C=O) groups is 1. The topological polar surface area (TPSA) is 17.1 Å². The zero-order valence-electron chi connectivity index (χ0n) is 8.34. The lowest BCUT2D eigenvalue weighted by molar-refractivity contribution is 0.0985. The fourth-order valence-corrected chi connectivity index (χ4v) is 2.80. The Labute approximate surface area is 97.4 Å². The van der Waals surface area contributed by atoms with Crippen molar-refractivity contribution in [3.8, 4) is 0 Å². The molecule has 76 valence electrons. The molecule has 3 heteroatoms. The van der Waals surface area contributed by atoms with Crippen molar-refractivity contribution < 1.29 is 4.79 Å². The molecule has 0 atom stereocenters. The molecule has 0 aliphatic carbocycles. The monoisotopic (exact) mass is 272 g/mol. The van der Waals surface area contributed by atoms with Gasteiger partial charge in [-0.1, -0.05) is 41.1 Å². The number of carbonyl (C=O) groups excluding carboxylic acids is 1. The molecule has 0 amide bonds. The molecule has 0 heterocycles. The smallest absolute Gasteiger partial charge is 0.163 e. The van der Waals surface area contributed by atoms with Gasteiger partial charge in [-0.2, -0.15) is 0 Å². The molecule has 14 heavy (non-hydrogen) atoms. The van der Waals surface area contributed by atoms with Crippen LogP contribution in [0.2, 0.25) is 0 Å². The maximum atomic E-state index is 11.6. The molecule has 0 fully saturated rings. The molecule has 1 rings (SSSR count). The van der Waals surface area contributed by atoms with Gasteiger partial charge >= 0.3 is 0 Å². The van der Waals surface area contributed by atoms with E-state index >= 15 is 0 Å². The van der Waals surface area contributed by atoms with Gasteiger partial charge in [-0.15, -0.1) is 11.8 Å². The Morgan fingerprint density at radius 1 is 1.50 bits per heavy atom. The van der Waals surface area contributed by atoms with E-state index in [1.165, 1.54) is 5.56 Å². The largest absolute Gasteiger partial charge is 0.294 e. The molecule has 1 aromatic carbocycles. The molecule has 1 nitrogen and oxygen atoms in total. The van der Waals surface area contributed by atoms with Crippen LogP contribution in [0.1, 0.15) is 29.3 Å². The summed E-state index contributed by atoms with van der Waals surface area (Å²) >= 11 is 5.07. The van der Waals surface area contributed by atoms with Crippen molar-refractivity contribution in [1.29, 1.82) is 0 Å². The van der Waals surface area contributed by atoms with Crippen molar-refractivity contribution in [2.45, 2.75) is 23.6 Å². The SMILES string of the molecule is CCC(=O)c1cccc(CBr)c1SC. The summed E-state index contributed by atoms with van der Waals surface area (Å²) in [7, 11) is 0. The highest BCUT2D eigenvalue weighted by Crippen LogP contribution is 2.27. The summed E-state index contributed by atoms with van der Waals surface area (Å²) in [5.74, 6) is 0.220. The van der Waals surface area contributed by atoms with Gasteiger partial charge in [0.2, 0.25) is 0 Å². The van der Waals surface area contributed by atoms with Crippen LogP contribution in [0.3, 0.4) is 0 Å². The highest BCUT2D eigenvalue weighted by Gasteiger charge is 2.11. The molecule has 0 spiro atoms. The van der Waals surface area contributed by atoms with Gasteiger partial charge < -0.3 is 0 Å².